The summed E-state index contributed by atoms with van der Waals surface area (Å²) < 4.78 is 12.1. The summed E-state index contributed by atoms with van der Waals surface area (Å²) in [7, 11) is 2.24. The van der Waals surface area contributed by atoms with Crippen molar-refractivity contribution >= 4 is 16.9 Å². The highest BCUT2D eigenvalue weighted by molar-refractivity contribution is 5.92. The summed E-state index contributed by atoms with van der Waals surface area (Å²) >= 11 is 0. The molecule has 0 aliphatic carbocycles. The Labute approximate surface area is 168 Å². The van der Waals surface area contributed by atoms with Gasteiger partial charge in [-0.2, -0.15) is 0 Å². The van der Waals surface area contributed by atoms with Crippen molar-refractivity contribution in [2.45, 2.75) is 34.6 Å². The number of halogens is 1. The highest BCUT2D eigenvalue weighted by Crippen LogP contribution is 2.24. The van der Waals surface area contributed by atoms with E-state index in [1.54, 1.807) is 6.07 Å². The topological polar surface area (TPSA) is 39.4 Å². The predicted molar refractivity (Wildman–Crippen MR) is 97.1 cm³/mol. The van der Waals surface area contributed by atoms with Crippen LogP contribution in [0.2, 0.25) is 0 Å². The lowest BCUT2D eigenvalue weighted by molar-refractivity contribution is -0.912. The van der Waals surface area contributed by atoms with Crippen LogP contribution in [0.3, 0.4) is 0 Å². The zero-order chi connectivity index (χ0) is 18.0. The van der Waals surface area contributed by atoms with E-state index in [0.717, 1.165) is 35.1 Å². The highest BCUT2D eigenvalue weighted by atomic mass is 127. The molecule has 0 aliphatic rings. The molecule has 0 spiro atoms. The van der Waals surface area contributed by atoms with Crippen molar-refractivity contribution in [2.75, 3.05) is 33.3 Å². The largest absolute Gasteiger partial charge is 1.00 e. The van der Waals surface area contributed by atoms with Crippen LogP contribution >= 0.6 is 0 Å². The molecule has 0 saturated carbocycles. The summed E-state index contributed by atoms with van der Waals surface area (Å²) in [5.74, 6) is -0.117. The van der Waals surface area contributed by atoms with E-state index in [1.165, 1.54) is 0 Å². The Morgan fingerprint density at radius 3 is 2.44 bits per heavy atom. The molecule has 1 aromatic heterocycles. The van der Waals surface area contributed by atoms with Gasteiger partial charge in [0.2, 0.25) is 5.76 Å². The number of esters is 1. The van der Waals surface area contributed by atoms with Crippen molar-refractivity contribution in [3.8, 4) is 0 Å². The van der Waals surface area contributed by atoms with E-state index in [9.17, 15) is 4.79 Å². The quantitative estimate of drug-likeness (QED) is 0.357. The fraction of sp³-hybridized carbons (Fsp3) is 0.550. The van der Waals surface area contributed by atoms with Gasteiger partial charge in [-0.3, -0.25) is 0 Å². The zero-order valence-corrected chi connectivity index (χ0v) is 18.3. The number of furan rings is 1. The molecule has 0 fully saturated rings. The smallest absolute Gasteiger partial charge is 0.374 e. The monoisotopic (exact) mass is 459 g/mol. The maximum Gasteiger partial charge on any atom is 0.374 e. The van der Waals surface area contributed by atoms with Gasteiger partial charge in [0.05, 0.1) is 26.7 Å². The second-order valence-electron chi connectivity index (χ2n) is 7.80. The Hall–Kier alpha value is -1.08. The molecule has 0 radical (unpaired) electrons. The van der Waals surface area contributed by atoms with Crippen molar-refractivity contribution in [3.05, 3.63) is 35.6 Å². The number of fused-ring (bicyclic) bond motifs is 1. The lowest BCUT2D eigenvalue weighted by atomic mass is 9.93. The molecule has 0 atom stereocenters. The van der Waals surface area contributed by atoms with E-state index in [0.29, 0.717) is 12.2 Å². The third kappa shape index (κ3) is 5.71. The summed E-state index contributed by atoms with van der Waals surface area (Å²) in [5.41, 5.74) is 1.77. The lowest BCUT2D eigenvalue weighted by Gasteiger charge is -2.38. The minimum Gasteiger partial charge on any atom is -1.00 e. The van der Waals surface area contributed by atoms with Crippen LogP contribution in [0.25, 0.3) is 11.0 Å². The molecule has 2 aromatic rings. The van der Waals surface area contributed by atoms with Gasteiger partial charge >= 0.3 is 5.97 Å². The normalized spacial score (nSPS) is 12.1. The van der Waals surface area contributed by atoms with Crippen LogP contribution in [0, 0.1) is 12.3 Å². The molecule has 0 saturated heterocycles. The van der Waals surface area contributed by atoms with Crippen LogP contribution in [0.15, 0.2) is 28.7 Å². The molecule has 0 aliphatic heterocycles. The molecule has 140 valence electrons. The van der Waals surface area contributed by atoms with Crippen LogP contribution < -0.4 is 24.0 Å². The molecule has 5 heteroatoms. The summed E-state index contributed by atoms with van der Waals surface area (Å²) in [6, 6.07) is 7.62. The third-order valence-electron chi connectivity index (χ3n) is 4.80. The van der Waals surface area contributed by atoms with Crippen LogP contribution in [0.5, 0.6) is 0 Å². The van der Waals surface area contributed by atoms with E-state index in [-0.39, 0.29) is 41.1 Å². The van der Waals surface area contributed by atoms with Gasteiger partial charge in [-0.15, -0.1) is 0 Å². The number of hydrogen-bond acceptors (Lipinski definition) is 3. The number of aryl methyl sites for hydroxylation is 1. The van der Waals surface area contributed by atoms with Crippen molar-refractivity contribution in [3.63, 3.8) is 0 Å². The van der Waals surface area contributed by atoms with Crippen molar-refractivity contribution in [1.29, 1.82) is 0 Å². The Bertz CT molecular complexity index is 717. The Balaban J connectivity index is 0.00000312. The lowest BCUT2D eigenvalue weighted by Crippen LogP contribution is -3.00. The predicted octanol–water partition coefficient (Wildman–Crippen LogP) is 1.41. The van der Waals surface area contributed by atoms with Crippen LogP contribution in [-0.2, 0) is 4.74 Å². The van der Waals surface area contributed by atoms with Gasteiger partial charge in [0.15, 0.2) is 0 Å². The summed E-state index contributed by atoms with van der Waals surface area (Å²) in [5, 5.41) is 0.933. The van der Waals surface area contributed by atoms with E-state index in [4.69, 9.17) is 9.15 Å². The van der Waals surface area contributed by atoms with E-state index in [2.05, 4.69) is 34.7 Å². The molecule has 1 aromatic carbocycles. The fourth-order valence-corrected chi connectivity index (χ4v) is 3.12. The summed E-state index contributed by atoms with van der Waals surface area (Å²) in [6.07, 6.45) is 0. The first-order valence-corrected chi connectivity index (χ1v) is 8.69. The van der Waals surface area contributed by atoms with Crippen LogP contribution in [0.4, 0.5) is 0 Å². The second-order valence-corrected chi connectivity index (χ2v) is 7.80. The number of carbonyl (C=O) groups excluding carboxylic acids is 1. The Morgan fingerprint density at radius 1 is 1.20 bits per heavy atom. The standard InChI is InChI=1S/C20H30NO3.HI/c1-7-21(6,8-2)13-20(4,5)14-23-19(22)18-12-16-11-15(3)9-10-17(16)24-18;/h9-12H,7-8,13-14H2,1-6H3;1H/q+1;/p-1. The third-order valence-corrected chi connectivity index (χ3v) is 4.80. The molecule has 25 heavy (non-hydrogen) atoms. The minimum absolute atomic E-state index is 0. The average Bonchev–Trinajstić information content (AvgIpc) is 2.95. The van der Waals surface area contributed by atoms with Crippen LogP contribution in [0.1, 0.15) is 43.8 Å². The van der Waals surface area contributed by atoms with Gasteiger partial charge < -0.3 is 37.6 Å². The molecule has 1 heterocycles. The maximum absolute atomic E-state index is 12.3. The van der Waals surface area contributed by atoms with Gasteiger partial charge in [-0.1, -0.05) is 25.5 Å². The Kier molecular flexibility index (Phi) is 7.50. The van der Waals surface area contributed by atoms with Gasteiger partial charge in [0.1, 0.15) is 12.2 Å². The fourth-order valence-electron chi connectivity index (χ4n) is 3.12. The van der Waals surface area contributed by atoms with Gasteiger partial charge in [-0.25, -0.2) is 4.79 Å². The van der Waals surface area contributed by atoms with E-state index in [1.807, 2.05) is 25.1 Å². The van der Waals surface area contributed by atoms with E-state index >= 15 is 0 Å². The highest BCUT2D eigenvalue weighted by Gasteiger charge is 2.31. The molecule has 0 amide bonds. The Morgan fingerprint density at radius 2 is 1.84 bits per heavy atom. The van der Waals surface area contributed by atoms with Crippen molar-refractivity contribution in [1.82, 2.24) is 0 Å². The molecule has 0 N–H and O–H groups in total. The maximum atomic E-state index is 12.3. The number of ether oxygens (including phenoxy) is 1. The van der Waals surface area contributed by atoms with Crippen LogP contribution in [-0.4, -0.2) is 43.7 Å². The average molecular weight is 459 g/mol. The number of rotatable bonds is 7. The number of hydrogen-bond donors (Lipinski definition) is 0. The van der Waals surface area contributed by atoms with Gasteiger partial charge in [-0.05, 0) is 39.0 Å². The van der Waals surface area contributed by atoms with Gasteiger partial charge in [0, 0.05) is 10.8 Å². The minimum atomic E-state index is -0.390. The zero-order valence-electron chi connectivity index (χ0n) is 16.2. The molecule has 2 rings (SSSR count). The first-order chi connectivity index (χ1) is 11.2. The first-order valence-electron chi connectivity index (χ1n) is 8.69. The van der Waals surface area contributed by atoms with E-state index < -0.39 is 0 Å². The second kappa shape index (κ2) is 8.54. The van der Waals surface area contributed by atoms with Gasteiger partial charge in [0.25, 0.3) is 0 Å². The molecular formula is C20H30INO3. The number of quaternary nitrogens is 1. The molecule has 0 unspecified atom stereocenters. The van der Waals surface area contributed by atoms with Crippen molar-refractivity contribution in [2.24, 2.45) is 5.41 Å². The summed E-state index contributed by atoms with van der Waals surface area (Å²) in [4.78, 5) is 12.3. The SMILES string of the molecule is CC[N+](C)(CC)CC(C)(C)COC(=O)c1cc2cc(C)ccc2o1.[I-]. The number of carbonyl (C=O) groups is 1. The number of benzene rings is 1. The number of nitrogens with zero attached hydrogens (tertiary/aromatic N) is 1. The summed E-state index contributed by atoms with van der Waals surface area (Å²) in [6.45, 7) is 14.2. The van der Waals surface area contributed by atoms with Crippen molar-refractivity contribution < 1.29 is 42.4 Å². The molecule has 0 bridgehead atoms. The molecular weight excluding hydrogens is 429 g/mol. The first kappa shape index (κ1) is 22.0. The molecule has 4 nitrogen and oxygen atoms in total.